The number of urea groups is 1. The van der Waals surface area contributed by atoms with Gasteiger partial charge in [-0.3, -0.25) is 13.9 Å². The van der Waals surface area contributed by atoms with Crippen LogP contribution in [0.5, 0.6) is 0 Å². The fraction of sp³-hybridized carbons (Fsp3) is 0.429. The third kappa shape index (κ3) is 3.81. The maximum atomic E-state index is 12.2. The van der Waals surface area contributed by atoms with E-state index in [0.717, 1.165) is 11.3 Å². The number of carbonyl (C=O) groups is 2. The SMILES string of the molecule is CS(=O)CCNC(=O)N1CC(C(=O)O)Cc2ccccc21. The van der Waals surface area contributed by atoms with Crippen molar-refractivity contribution in [2.45, 2.75) is 6.42 Å². The summed E-state index contributed by atoms with van der Waals surface area (Å²) in [6, 6.07) is 6.95. The normalized spacial score (nSPS) is 18.7. The van der Waals surface area contributed by atoms with Crippen molar-refractivity contribution in [2.75, 3.05) is 30.0 Å². The fourth-order valence-electron chi connectivity index (χ4n) is 2.35. The van der Waals surface area contributed by atoms with Crippen LogP contribution in [0, 0.1) is 5.92 Å². The number of carboxylic acid groups (broad SMARTS) is 1. The van der Waals surface area contributed by atoms with E-state index < -0.39 is 22.7 Å². The molecule has 0 spiro atoms. The zero-order valence-electron chi connectivity index (χ0n) is 11.7. The van der Waals surface area contributed by atoms with Crippen LogP contribution in [0.15, 0.2) is 24.3 Å². The molecule has 0 saturated heterocycles. The minimum absolute atomic E-state index is 0.146. The van der Waals surface area contributed by atoms with Gasteiger partial charge < -0.3 is 10.4 Å². The first-order valence-corrected chi connectivity index (χ1v) is 8.38. The number of nitrogens with one attached hydrogen (secondary N) is 1. The number of rotatable bonds is 4. The number of carboxylic acids is 1. The lowest BCUT2D eigenvalue weighted by atomic mass is 9.93. The summed E-state index contributed by atoms with van der Waals surface area (Å²) in [7, 11) is -0.974. The van der Waals surface area contributed by atoms with Crippen LogP contribution in [0.1, 0.15) is 5.56 Å². The Morgan fingerprint density at radius 3 is 2.81 bits per heavy atom. The van der Waals surface area contributed by atoms with E-state index in [1.807, 2.05) is 24.3 Å². The van der Waals surface area contributed by atoms with E-state index in [9.17, 15) is 18.9 Å². The number of aliphatic carboxylic acids is 1. The van der Waals surface area contributed by atoms with Gasteiger partial charge in [0.15, 0.2) is 0 Å². The Bertz CT molecular complexity index is 576. The largest absolute Gasteiger partial charge is 0.481 e. The third-order valence-corrected chi connectivity index (χ3v) is 4.19. The summed E-state index contributed by atoms with van der Waals surface area (Å²) in [4.78, 5) is 24.9. The van der Waals surface area contributed by atoms with Gasteiger partial charge >= 0.3 is 12.0 Å². The highest BCUT2D eigenvalue weighted by Crippen LogP contribution is 2.29. The summed E-state index contributed by atoms with van der Waals surface area (Å²) in [5, 5.41) is 11.9. The number of fused-ring (bicyclic) bond motifs is 1. The molecule has 0 fully saturated rings. The topological polar surface area (TPSA) is 86.7 Å². The Labute approximate surface area is 125 Å². The first-order chi connectivity index (χ1) is 9.99. The van der Waals surface area contributed by atoms with Crippen molar-refractivity contribution < 1.29 is 18.9 Å². The van der Waals surface area contributed by atoms with Gasteiger partial charge in [0.2, 0.25) is 0 Å². The van der Waals surface area contributed by atoms with Gasteiger partial charge in [-0.1, -0.05) is 18.2 Å². The number of amides is 2. The van der Waals surface area contributed by atoms with Gasteiger partial charge in [0.1, 0.15) is 0 Å². The van der Waals surface area contributed by atoms with Gasteiger partial charge in [0.05, 0.1) is 5.92 Å². The van der Waals surface area contributed by atoms with E-state index in [1.165, 1.54) is 4.90 Å². The molecule has 1 aromatic rings. The molecular weight excluding hydrogens is 292 g/mol. The molecule has 2 unspecified atom stereocenters. The van der Waals surface area contributed by atoms with Crippen LogP contribution in [0.25, 0.3) is 0 Å². The Morgan fingerprint density at radius 2 is 2.14 bits per heavy atom. The molecule has 114 valence electrons. The predicted octanol–water partition coefficient (Wildman–Crippen LogP) is 0.838. The highest BCUT2D eigenvalue weighted by molar-refractivity contribution is 7.84. The Balaban J connectivity index is 2.15. The van der Waals surface area contributed by atoms with Crippen LogP contribution in [-0.2, 0) is 22.0 Å². The van der Waals surface area contributed by atoms with Crippen molar-refractivity contribution in [2.24, 2.45) is 5.92 Å². The molecule has 1 aliphatic heterocycles. The highest BCUT2D eigenvalue weighted by atomic mass is 32.2. The molecule has 0 aromatic heterocycles. The van der Waals surface area contributed by atoms with E-state index in [4.69, 9.17) is 0 Å². The van der Waals surface area contributed by atoms with Crippen molar-refractivity contribution in [3.05, 3.63) is 29.8 Å². The molecule has 1 aliphatic rings. The molecule has 2 rings (SSSR count). The fourth-order valence-corrected chi connectivity index (χ4v) is 2.74. The first kappa shape index (κ1) is 15.5. The second kappa shape index (κ2) is 6.71. The molecular formula is C14H18N2O4S. The molecule has 2 N–H and O–H groups in total. The summed E-state index contributed by atoms with van der Waals surface area (Å²) in [5.74, 6) is -1.13. The standard InChI is InChI=1S/C14H18N2O4S/c1-21(20)7-6-15-14(19)16-9-11(13(17)18)8-10-4-2-3-5-12(10)16/h2-5,11H,6-9H2,1H3,(H,15,19)(H,17,18). The smallest absolute Gasteiger partial charge is 0.321 e. The monoisotopic (exact) mass is 310 g/mol. The Hall–Kier alpha value is -1.89. The zero-order chi connectivity index (χ0) is 15.4. The van der Waals surface area contributed by atoms with Crippen molar-refractivity contribution >= 4 is 28.5 Å². The quantitative estimate of drug-likeness (QED) is 0.863. The second-order valence-electron chi connectivity index (χ2n) is 4.99. The summed E-state index contributed by atoms with van der Waals surface area (Å²) < 4.78 is 11.0. The van der Waals surface area contributed by atoms with Gasteiger partial charge in [0, 0.05) is 41.6 Å². The number of benzene rings is 1. The maximum absolute atomic E-state index is 12.2. The van der Waals surface area contributed by atoms with E-state index in [1.54, 1.807) is 6.26 Å². The number of carbonyl (C=O) groups excluding carboxylic acids is 1. The van der Waals surface area contributed by atoms with Crippen LogP contribution in [0.3, 0.4) is 0 Å². The van der Waals surface area contributed by atoms with Gasteiger partial charge in [-0.15, -0.1) is 0 Å². The van der Waals surface area contributed by atoms with E-state index in [2.05, 4.69) is 5.32 Å². The molecule has 2 amide bonds. The summed E-state index contributed by atoms with van der Waals surface area (Å²) in [6.07, 6.45) is 2.00. The third-order valence-electron chi connectivity index (χ3n) is 3.41. The van der Waals surface area contributed by atoms with Gasteiger partial charge in [-0.25, -0.2) is 4.79 Å². The van der Waals surface area contributed by atoms with Crippen LogP contribution < -0.4 is 10.2 Å². The molecule has 21 heavy (non-hydrogen) atoms. The number of hydrogen-bond donors (Lipinski definition) is 2. The molecule has 7 heteroatoms. The molecule has 0 bridgehead atoms. The van der Waals surface area contributed by atoms with Gasteiger partial charge in [0.25, 0.3) is 0 Å². The number of nitrogens with zero attached hydrogens (tertiary/aromatic N) is 1. The minimum Gasteiger partial charge on any atom is -0.481 e. The number of para-hydroxylation sites is 1. The number of hydrogen-bond acceptors (Lipinski definition) is 3. The van der Waals surface area contributed by atoms with Crippen molar-refractivity contribution in [1.82, 2.24) is 5.32 Å². The van der Waals surface area contributed by atoms with E-state index in [0.29, 0.717) is 18.7 Å². The predicted molar refractivity (Wildman–Crippen MR) is 80.9 cm³/mol. The molecule has 6 nitrogen and oxygen atoms in total. The average Bonchev–Trinajstić information content (AvgIpc) is 2.45. The van der Waals surface area contributed by atoms with Gasteiger partial charge in [-0.2, -0.15) is 0 Å². The molecule has 2 atom stereocenters. The van der Waals surface area contributed by atoms with Crippen molar-refractivity contribution in [3.8, 4) is 0 Å². The van der Waals surface area contributed by atoms with Crippen molar-refractivity contribution in [3.63, 3.8) is 0 Å². The van der Waals surface area contributed by atoms with Crippen LogP contribution in [-0.4, -0.2) is 46.4 Å². The molecule has 1 heterocycles. The van der Waals surface area contributed by atoms with Gasteiger partial charge in [-0.05, 0) is 18.1 Å². The first-order valence-electron chi connectivity index (χ1n) is 6.65. The van der Waals surface area contributed by atoms with Crippen LogP contribution in [0.2, 0.25) is 0 Å². The lowest BCUT2D eigenvalue weighted by Crippen LogP contribution is -2.48. The second-order valence-corrected chi connectivity index (χ2v) is 6.54. The number of anilines is 1. The zero-order valence-corrected chi connectivity index (χ0v) is 12.6. The Kier molecular flexibility index (Phi) is 4.95. The van der Waals surface area contributed by atoms with Crippen molar-refractivity contribution in [1.29, 1.82) is 0 Å². The summed E-state index contributed by atoms with van der Waals surface area (Å²) >= 11 is 0. The van der Waals surface area contributed by atoms with Crippen LogP contribution in [0.4, 0.5) is 10.5 Å². The van der Waals surface area contributed by atoms with Crippen LogP contribution >= 0.6 is 0 Å². The maximum Gasteiger partial charge on any atom is 0.321 e. The molecule has 0 radical (unpaired) electrons. The van der Waals surface area contributed by atoms with E-state index in [-0.39, 0.29) is 12.6 Å². The summed E-state index contributed by atoms with van der Waals surface area (Å²) in [6.45, 7) is 0.450. The lowest BCUT2D eigenvalue weighted by Gasteiger charge is -2.32. The minimum atomic E-state index is -0.974. The molecule has 0 aliphatic carbocycles. The molecule has 1 aromatic carbocycles. The average molecular weight is 310 g/mol. The highest BCUT2D eigenvalue weighted by Gasteiger charge is 2.31. The van der Waals surface area contributed by atoms with E-state index >= 15 is 0 Å². The summed E-state index contributed by atoms with van der Waals surface area (Å²) in [5.41, 5.74) is 1.59. The lowest BCUT2D eigenvalue weighted by molar-refractivity contribution is -0.141. The Morgan fingerprint density at radius 1 is 1.43 bits per heavy atom. The molecule has 0 saturated carbocycles.